The number of pyridine rings is 1. The number of piperazine rings is 1. The number of alkyl halides is 3. The standard InChI is InChI=1S/C25H31F3N6O4/c1-2-29-24(35)33-14-12-32(13-15-33)22-4-3-5-23(31-22)38-19-9-6-17(7-10-19)30-18-8-11-21(34(36)37)20(16-18)25(26,27)28/h3-5,8,11,16-17,19,30H,2,6-7,9-10,12-15H2,1H3,(H,29,35)/t17-,19-. The highest BCUT2D eigenvalue weighted by Crippen LogP contribution is 2.38. The zero-order valence-corrected chi connectivity index (χ0v) is 21.0. The highest BCUT2D eigenvalue weighted by Gasteiger charge is 2.38. The minimum Gasteiger partial charge on any atom is -0.474 e. The van der Waals surface area contributed by atoms with E-state index < -0.39 is 22.4 Å². The molecule has 1 aromatic carbocycles. The monoisotopic (exact) mass is 536 g/mol. The van der Waals surface area contributed by atoms with Crippen molar-refractivity contribution < 1.29 is 27.6 Å². The van der Waals surface area contributed by atoms with Gasteiger partial charge in [0.25, 0.3) is 5.69 Å². The molecule has 1 saturated heterocycles. The van der Waals surface area contributed by atoms with Crippen LogP contribution in [-0.4, -0.2) is 65.7 Å². The minimum absolute atomic E-state index is 0.0587. The van der Waals surface area contributed by atoms with E-state index in [4.69, 9.17) is 4.74 Å². The molecule has 2 aliphatic rings. The number of nitrogens with one attached hydrogen (secondary N) is 2. The molecule has 2 N–H and O–H groups in total. The Kier molecular flexibility index (Phi) is 8.42. The third kappa shape index (κ3) is 6.75. The molecule has 0 radical (unpaired) electrons. The number of hydrogen-bond donors (Lipinski definition) is 2. The van der Waals surface area contributed by atoms with Gasteiger partial charge in [-0.1, -0.05) is 6.07 Å². The summed E-state index contributed by atoms with van der Waals surface area (Å²) < 4.78 is 45.9. The lowest BCUT2D eigenvalue weighted by Gasteiger charge is -2.35. The van der Waals surface area contributed by atoms with Crippen LogP contribution in [0.25, 0.3) is 0 Å². The molecule has 2 fully saturated rings. The molecule has 0 bridgehead atoms. The Labute approximate surface area is 218 Å². The number of carbonyl (C=O) groups is 1. The molecule has 0 atom stereocenters. The molecule has 2 aromatic rings. The van der Waals surface area contributed by atoms with Crippen LogP contribution in [0.15, 0.2) is 36.4 Å². The van der Waals surface area contributed by atoms with Crippen LogP contribution >= 0.6 is 0 Å². The number of rotatable bonds is 7. The molecular weight excluding hydrogens is 505 g/mol. The Hall–Kier alpha value is -3.77. The summed E-state index contributed by atoms with van der Waals surface area (Å²) in [5, 5.41) is 16.9. The van der Waals surface area contributed by atoms with Crippen molar-refractivity contribution in [3.05, 3.63) is 52.1 Å². The molecule has 38 heavy (non-hydrogen) atoms. The van der Waals surface area contributed by atoms with Crippen LogP contribution in [0, 0.1) is 10.1 Å². The number of nitro benzene ring substituents is 1. The molecule has 206 valence electrons. The maximum atomic E-state index is 13.3. The maximum Gasteiger partial charge on any atom is 0.423 e. The van der Waals surface area contributed by atoms with Crippen LogP contribution in [0.4, 0.5) is 35.2 Å². The van der Waals surface area contributed by atoms with E-state index in [1.807, 2.05) is 19.1 Å². The smallest absolute Gasteiger partial charge is 0.423 e. The van der Waals surface area contributed by atoms with Crippen LogP contribution in [0.1, 0.15) is 38.2 Å². The number of ether oxygens (including phenoxy) is 1. The fourth-order valence-electron chi connectivity index (χ4n) is 4.79. The van der Waals surface area contributed by atoms with Gasteiger partial charge in [0, 0.05) is 56.6 Å². The summed E-state index contributed by atoms with van der Waals surface area (Å²) in [6, 6.07) is 8.46. The molecule has 1 saturated carbocycles. The number of nitro groups is 1. The lowest BCUT2D eigenvalue weighted by atomic mass is 9.92. The van der Waals surface area contributed by atoms with Gasteiger partial charge in [-0.05, 0) is 50.8 Å². The van der Waals surface area contributed by atoms with Gasteiger partial charge in [0.2, 0.25) is 5.88 Å². The fraction of sp³-hybridized carbons (Fsp3) is 0.520. The van der Waals surface area contributed by atoms with Crippen molar-refractivity contribution in [1.29, 1.82) is 0 Å². The normalized spacial score (nSPS) is 20.1. The van der Waals surface area contributed by atoms with Crippen molar-refractivity contribution in [1.82, 2.24) is 15.2 Å². The van der Waals surface area contributed by atoms with Crippen molar-refractivity contribution in [3.8, 4) is 5.88 Å². The van der Waals surface area contributed by atoms with Gasteiger partial charge in [0.05, 0.1) is 4.92 Å². The summed E-state index contributed by atoms with van der Waals surface area (Å²) in [5.41, 5.74) is -2.02. The van der Waals surface area contributed by atoms with Gasteiger partial charge < -0.3 is 25.2 Å². The summed E-state index contributed by atoms with van der Waals surface area (Å²) >= 11 is 0. The summed E-state index contributed by atoms with van der Waals surface area (Å²) in [7, 11) is 0. The van der Waals surface area contributed by atoms with Crippen LogP contribution in [0.3, 0.4) is 0 Å². The van der Waals surface area contributed by atoms with Crippen LogP contribution in [-0.2, 0) is 6.18 Å². The number of hydrogen-bond acceptors (Lipinski definition) is 7. The molecule has 1 aromatic heterocycles. The topological polar surface area (TPSA) is 113 Å². The number of benzene rings is 1. The Morgan fingerprint density at radius 3 is 2.47 bits per heavy atom. The Balaban J connectivity index is 1.29. The quantitative estimate of drug-likeness (QED) is 0.391. The average molecular weight is 537 g/mol. The lowest BCUT2D eigenvalue weighted by Crippen LogP contribution is -2.52. The summed E-state index contributed by atoms with van der Waals surface area (Å²) in [5.74, 6) is 1.29. The highest BCUT2D eigenvalue weighted by molar-refractivity contribution is 5.74. The second-order valence-corrected chi connectivity index (χ2v) is 9.37. The van der Waals surface area contributed by atoms with Crippen LogP contribution < -0.4 is 20.3 Å². The molecule has 0 unspecified atom stereocenters. The highest BCUT2D eigenvalue weighted by atomic mass is 19.4. The van der Waals surface area contributed by atoms with Crippen molar-refractivity contribution in [2.45, 2.75) is 50.9 Å². The van der Waals surface area contributed by atoms with E-state index in [1.165, 1.54) is 6.07 Å². The van der Waals surface area contributed by atoms with Gasteiger partial charge in [-0.2, -0.15) is 18.2 Å². The van der Waals surface area contributed by atoms with Gasteiger partial charge >= 0.3 is 12.2 Å². The van der Waals surface area contributed by atoms with Crippen molar-refractivity contribution in [2.24, 2.45) is 0 Å². The van der Waals surface area contributed by atoms with Gasteiger partial charge in [0.1, 0.15) is 17.5 Å². The number of anilines is 2. The van der Waals surface area contributed by atoms with E-state index >= 15 is 0 Å². The molecule has 0 spiro atoms. The van der Waals surface area contributed by atoms with Crippen molar-refractivity contribution >= 4 is 23.2 Å². The predicted molar refractivity (Wildman–Crippen MR) is 135 cm³/mol. The molecule has 2 amide bonds. The molecule has 2 heterocycles. The van der Waals surface area contributed by atoms with Crippen LogP contribution in [0.2, 0.25) is 0 Å². The van der Waals surface area contributed by atoms with Crippen molar-refractivity contribution in [2.75, 3.05) is 42.9 Å². The van der Waals surface area contributed by atoms with Crippen LogP contribution in [0.5, 0.6) is 5.88 Å². The number of halogens is 3. The first-order valence-corrected chi connectivity index (χ1v) is 12.7. The first-order chi connectivity index (χ1) is 18.1. The Morgan fingerprint density at radius 2 is 1.84 bits per heavy atom. The predicted octanol–water partition coefficient (Wildman–Crippen LogP) is 4.66. The second kappa shape index (κ2) is 11.7. The molecule has 10 nitrogen and oxygen atoms in total. The van der Waals surface area contributed by atoms with Gasteiger partial charge in [-0.25, -0.2) is 4.79 Å². The van der Waals surface area contributed by atoms with E-state index in [-0.39, 0.29) is 23.9 Å². The minimum atomic E-state index is -4.82. The summed E-state index contributed by atoms with van der Waals surface area (Å²) in [6.45, 7) is 5.03. The number of carbonyl (C=O) groups excluding carboxylic acids is 1. The largest absolute Gasteiger partial charge is 0.474 e. The summed E-state index contributed by atoms with van der Waals surface area (Å²) in [4.78, 5) is 30.5. The van der Waals surface area contributed by atoms with E-state index in [0.717, 1.165) is 18.0 Å². The molecule has 13 heteroatoms. The lowest BCUT2D eigenvalue weighted by molar-refractivity contribution is -0.388. The number of aromatic nitrogens is 1. The zero-order chi connectivity index (χ0) is 27.3. The fourth-order valence-corrected chi connectivity index (χ4v) is 4.79. The zero-order valence-electron chi connectivity index (χ0n) is 21.0. The summed E-state index contributed by atoms with van der Waals surface area (Å²) in [6.07, 6.45) is -2.17. The van der Waals surface area contributed by atoms with Gasteiger partial charge in [0.15, 0.2) is 0 Å². The second-order valence-electron chi connectivity index (χ2n) is 9.37. The van der Waals surface area contributed by atoms with E-state index in [0.29, 0.717) is 64.3 Å². The van der Waals surface area contributed by atoms with E-state index in [1.54, 1.807) is 11.0 Å². The third-order valence-corrected chi connectivity index (χ3v) is 6.76. The number of urea groups is 1. The first-order valence-electron chi connectivity index (χ1n) is 12.7. The number of nitrogens with zero attached hydrogens (tertiary/aromatic N) is 4. The molecule has 1 aliphatic heterocycles. The third-order valence-electron chi connectivity index (χ3n) is 6.76. The average Bonchev–Trinajstić information content (AvgIpc) is 2.89. The Bertz CT molecular complexity index is 1130. The number of amides is 2. The van der Waals surface area contributed by atoms with E-state index in [9.17, 15) is 28.1 Å². The Morgan fingerprint density at radius 1 is 1.13 bits per heavy atom. The SMILES string of the molecule is CCNC(=O)N1CCN(c2cccc(O[C@H]3CC[C@H](Nc4ccc([N+](=O)[O-])c(C(F)(F)F)c4)CC3)n2)CC1. The molecule has 4 rings (SSSR count). The molecular formula is C25H31F3N6O4. The van der Waals surface area contributed by atoms with Crippen molar-refractivity contribution in [3.63, 3.8) is 0 Å². The molecule has 1 aliphatic carbocycles. The maximum absolute atomic E-state index is 13.3. The van der Waals surface area contributed by atoms with Gasteiger partial charge in [-0.15, -0.1) is 0 Å². The van der Waals surface area contributed by atoms with E-state index in [2.05, 4.69) is 20.5 Å². The van der Waals surface area contributed by atoms with Gasteiger partial charge in [-0.3, -0.25) is 10.1 Å². The first kappa shape index (κ1) is 27.3.